The fraction of sp³-hybridized carbons (Fsp3) is 1.00. The number of aliphatic hydroxyl groups excluding tert-OH is 1. The topological polar surface area (TPSA) is 47.9 Å². The van der Waals surface area contributed by atoms with Gasteiger partial charge in [-0.1, -0.05) is 40.0 Å². The molecular formula is C16H34O4. The van der Waals surface area contributed by atoms with E-state index in [1.54, 1.807) is 0 Å². The Bertz CT molecular complexity index is 193. The zero-order chi connectivity index (χ0) is 15.1. The SMILES string of the molecule is CCCCCC(CC)(CC)OCCOCCOCCO. The molecule has 0 spiro atoms. The van der Waals surface area contributed by atoms with Crippen LogP contribution in [0.4, 0.5) is 0 Å². The molecule has 0 fully saturated rings. The first-order valence-electron chi connectivity index (χ1n) is 8.15. The summed E-state index contributed by atoms with van der Waals surface area (Å²) in [6, 6.07) is 0. The molecule has 0 aliphatic heterocycles. The molecule has 0 radical (unpaired) electrons. The van der Waals surface area contributed by atoms with Crippen LogP contribution in [0.1, 0.15) is 59.3 Å². The van der Waals surface area contributed by atoms with Crippen LogP contribution in [0.5, 0.6) is 0 Å². The summed E-state index contributed by atoms with van der Waals surface area (Å²) >= 11 is 0. The minimum Gasteiger partial charge on any atom is -0.394 e. The fourth-order valence-electron chi connectivity index (χ4n) is 2.28. The molecule has 0 aromatic rings. The predicted molar refractivity (Wildman–Crippen MR) is 82.1 cm³/mol. The molecule has 0 saturated carbocycles. The highest BCUT2D eigenvalue weighted by Gasteiger charge is 2.25. The highest BCUT2D eigenvalue weighted by Crippen LogP contribution is 2.27. The van der Waals surface area contributed by atoms with E-state index in [0.717, 1.165) is 19.3 Å². The molecule has 4 nitrogen and oxygen atoms in total. The van der Waals surface area contributed by atoms with Crippen LogP contribution in [-0.4, -0.2) is 50.3 Å². The Labute approximate surface area is 124 Å². The van der Waals surface area contributed by atoms with Crippen molar-refractivity contribution in [1.29, 1.82) is 0 Å². The van der Waals surface area contributed by atoms with E-state index in [2.05, 4.69) is 20.8 Å². The van der Waals surface area contributed by atoms with E-state index in [0.29, 0.717) is 33.0 Å². The van der Waals surface area contributed by atoms with Gasteiger partial charge in [-0.05, 0) is 19.3 Å². The molecule has 0 amide bonds. The molecule has 0 aromatic carbocycles. The van der Waals surface area contributed by atoms with Gasteiger partial charge in [-0.15, -0.1) is 0 Å². The first kappa shape index (κ1) is 19.8. The first-order chi connectivity index (χ1) is 9.74. The van der Waals surface area contributed by atoms with E-state index in [9.17, 15) is 0 Å². The average molecular weight is 290 g/mol. The van der Waals surface area contributed by atoms with Crippen molar-refractivity contribution in [2.24, 2.45) is 0 Å². The largest absolute Gasteiger partial charge is 0.394 e. The van der Waals surface area contributed by atoms with E-state index in [1.165, 1.54) is 19.3 Å². The van der Waals surface area contributed by atoms with Crippen LogP contribution in [0.3, 0.4) is 0 Å². The third-order valence-electron chi connectivity index (χ3n) is 3.77. The Kier molecular flexibility index (Phi) is 13.7. The highest BCUT2D eigenvalue weighted by atomic mass is 16.6. The van der Waals surface area contributed by atoms with Crippen molar-refractivity contribution in [1.82, 2.24) is 0 Å². The third-order valence-corrected chi connectivity index (χ3v) is 3.77. The summed E-state index contributed by atoms with van der Waals surface area (Å²) in [6.07, 6.45) is 7.05. The molecule has 1 N–H and O–H groups in total. The number of hydrogen-bond acceptors (Lipinski definition) is 4. The summed E-state index contributed by atoms with van der Waals surface area (Å²) < 4.78 is 16.7. The van der Waals surface area contributed by atoms with Crippen LogP contribution < -0.4 is 0 Å². The Morgan fingerprint density at radius 2 is 1.40 bits per heavy atom. The predicted octanol–water partition coefficient (Wildman–Crippen LogP) is 3.17. The van der Waals surface area contributed by atoms with E-state index < -0.39 is 0 Å². The lowest BCUT2D eigenvalue weighted by atomic mass is 9.90. The Hall–Kier alpha value is -0.160. The van der Waals surface area contributed by atoms with Gasteiger partial charge < -0.3 is 19.3 Å². The van der Waals surface area contributed by atoms with Gasteiger partial charge in [0.05, 0.1) is 45.2 Å². The monoisotopic (exact) mass is 290 g/mol. The van der Waals surface area contributed by atoms with Crippen LogP contribution in [0, 0.1) is 0 Å². The smallest absolute Gasteiger partial charge is 0.0708 e. The van der Waals surface area contributed by atoms with Crippen LogP contribution in [0.15, 0.2) is 0 Å². The quantitative estimate of drug-likeness (QED) is 0.471. The van der Waals surface area contributed by atoms with Crippen molar-refractivity contribution < 1.29 is 19.3 Å². The maximum atomic E-state index is 8.55. The number of unbranched alkanes of at least 4 members (excludes halogenated alkanes) is 2. The van der Waals surface area contributed by atoms with Crippen molar-refractivity contribution in [2.45, 2.75) is 64.9 Å². The van der Waals surface area contributed by atoms with Crippen LogP contribution in [0.2, 0.25) is 0 Å². The lowest BCUT2D eigenvalue weighted by Crippen LogP contribution is -2.32. The van der Waals surface area contributed by atoms with Crippen molar-refractivity contribution in [3.8, 4) is 0 Å². The molecule has 0 aliphatic rings. The molecule has 0 aliphatic carbocycles. The summed E-state index contributed by atoms with van der Waals surface area (Å²) in [5, 5.41) is 8.55. The van der Waals surface area contributed by atoms with Gasteiger partial charge in [-0.2, -0.15) is 0 Å². The molecule has 20 heavy (non-hydrogen) atoms. The second-order valence-corrected chi connectivity index (χ2v) is 5.14. The molecule has 4 heteroatoms. The summed E-state index contributed by atoms with van der Waals surface area (Å²) in [7, 11) is 0. The van der Waals surface area contributed by atoms with E-state index in [-0.39, 0.29) is 12.2 Å². The molecule has 0 bridgehead atoms. The number of aliphatic hydroxyl groups is 1. The van der Waals surface area contributed by atoms with Gasteiger partial charge in [0.25, 0.3) is 0 Å². The van der Waals surface area contributed by atoms with Gasteiger partial charge in [0, 0.05) is 0 Å². The summed E-state index contributed by atoms with van der Waals surface area (Å²) in [5.41, 5.74) is 0.0336. The molecule has 0 aromatic heterocycles. The van der Waals surface area contributed by atoms with Gasteiger partial charge >= 0.3 is 0 Å². The molecule has 0 rings (SSSR count). The van der Waals surface area contributed by atoms with Gasteiger partial charge in [0.2, 0.25) is 0 Å². The standard InChI is InChI=1S/C16H34O4/c1-4-7-8-9-16(5-2,6-3)20-15-14-19-13-12-18-11-10-17/h17H,4-15H2,1-3H3. The Morgan fingerprint density at radius 1 is 0.800 bits per heavy atom. The number of hydrogen-bond donors (Lipinski definition) is 1. The molecule has 0 saturated heterocycles. The number of ether oxygens (including phenoxy) is 3. The molecule has 122 valence electrons. The van der Waals surface area contributed by atoms with Crippen LogP contribution in [0.25, 0.3) is 0 Å². The molecular weight excluding hydrogens is 256 g/mol. The van der Waals surface area contributed by atoms with E-state index >= 15 is 0 Å². The third kappa shape index (κ3) is 9.70. The lowest BCUT2D eigenvalue weighted by Gasteiger charge is -2.32. The zero-order valence-corrected chi connectivity index (χ0v) is 13.7. The molecule has 0 atom stereocenters. The Balaban J connectivity index is 3.69. The van der Waals surface area contributed by atoms with Crippen molar-refractivity contribution in [3.05, 3.63) is 0 Å². The van der Waals surface area contributed by atoms with Crippen molar-refractivity contribution in [3.63, 3.8) is 0 Å². The van der Waals surface area contributed by atoms with Crippen LogP contribution in [-0.2, 0) is 14.2 Å². The second kappa shape index (κ2) is 13.8. The molecule has 0 unspecified atom stereocenters. The van der Waals surface area contributed by atoms with Gasteiger partial charge in [0.15, 0.2) is 0 Å². The van der Waals surface area contributed by atoms with Crippen molar-refractivity contribution in [2.75, 3.05) is 39.6 Å². The highest BCUT2D eigenvalue weighted by molar-refractivity contribution is 4.77. The first-order valence-corrected chi connectivity index (χ1v) is 8.15. The van der Waals surface area contributed by atoms with Crippen LogP contribution >= 0.6 is 0 Å². The summed E-state index contributed by atoms with van der Waals surface area (Å²) in [4.78, 5) is 0. The van der Waals surface area contributed by atoms with E-state index in [4.69, 9.17) is 19.3 Å². The molecule has 0 heterocycles. The number of rotatable bonds is 15. The maximum absolute atomic E-state index is 8.55. The van der Waals surface area contributed by atoms with Gasteiger partial charge in [0.1, 0.15) is 0 Å². The summed E-state index contributed by atoms with van der Waals surface area (Å²) in [5.74, 6) is 0. The minimum absolute atomic E-state index is 0.0336. The van der Waals surface area contributed by atoms with E-state index in [1.807, 2.05) is 0 Å². The van der Waals surface area contributed by atoms with Crippen molar-refractivity contribution >= 4 is 0 Å². The maximum Gasteiger partial charge on any atom is 0.0708 e. The zero-order valence-electron chi connectivity index (χ0n) is 13.7. The second-order valence-electron chi connectivity index (χ2n) is 5.14. The minimum atomic E-state index is 0.0336. The lowest BCUT2D eigenvalue weighted by molar-refractivity contribution is -0.0821. The van der Waals surface area contributed by atoms with Gasteiger partial charge in [-0.25, -0.2) is 0 Å². The fourth-order valence-corrected chi connectivity index (χ4v) is 2.28. The normalized spacial score (nSPS) is 12.0. The summed E-state index contributed by atoms with van der Waals surface area (Å²) in [6.45, 7) is 9.44. The Morgan fingerprint density at radius 3 is 1.95 bits per heavy atom. The van der Waals surface area contributed by atoms with Gasteiger partial charge in [-0.3, -0.25) is 0 Å². The average Bonchev–Trinajstić information content (AvgIpc) is 2.48.